The van der Waals surface area contributed by atoms with Crippen LogP contribution in [0.15, 0.2) is 12.1 Å². The van der Waals surface area contributed by atoms with Gasteiger partial charge in [0.05, 0.1) is 5.02 Å². The maximum atomic E-state index is 6.13. The molecular weight excluding hydrogens is 228 g/mol. The van der Waals surface area contributed by atoms with Crippen LogP contribution in [0.2, 0.25) is 5.02 Å². The second kappa shape index (κ2) is 4.91. The third-order valence-electron chi connectivity index (χ3n) is 2.61. The lowest BCUT2D eigenvalue weighted by molar-refractivity contribution is 0.171. The van der Waals surface area contributed by atoms with Crippen molar-refractivity contribution in [2.24, 2.45) is 5.73 Å². The van der Waals surface area contributed by atoms with Crippen LogP contribution in [0.4, 0.5) is 0 Å². The largest absolute Gasteiger partial charge is 0.486 e. The van der Waals surface area contributed by atoms with Crippen molar-refractivity contribution in [2.75, 3.05) is 26.8 Å². The van der Waals surface area contributed by atoms with Crippen LogP contribution in [-0.2, 0) is 0 Å². The van der Waals surface area contributed by atoms with Crippen molar-refractivity contribution >= 4 is 11.6 Å². The van der Waals surface area contributed by atoms with E-state index in [1.165, 1.54) is 0 Å². The minimum Gasteiger partial charge on any atom is -0.486 e. The molecule has 4 nitrogen and oxygen atoms in total. The summed E-state index contributed by atoms with van der Waals surface area (Å²) < 4.78 is 11.0. The second-order valence-electron chi connectivity index (χ2n) is 3.60. The normalized spacial score (nSPS) is 15.9. The zero-order valence-corrected chi connectivity index (χ0v) is 9.88. The molecule has 0 aromatic heterocycles. The molecule has 1 heterocycles. The van der Waals surface area contributed by atoms with Crippen molar-refractivity contribution in [3.8, 4) is 11.5 Å². The van der Waals surface area contributed by atoms with Gasteiger partial charge in [0.1, 0.15) is 13.2 Å². The number of rotatable bonds is 3. The molecular formula is C11H15ClN2O2. The fourth-order valence-corrected chi connectivity index (χ4v) is 2.03. The number of ether oxygens (including phenoxy) is 2. The molecule has 0 fully saturated rings. The van der Waals surface area contributed by atoms with Crippen molar-refractivity contribution in [3.05, 3.63) is 22.7 Å². The molecule has 2 rings (SSSR count). The van der Waals surface area contributed by atoms with Gasteiger partial charge in [0.2, 0.25) is 0 Å². The Balaban J connectivity index is 2.38. The Morgan fingerprint density at radius 1 is 1.44 bits per heavy atom. The average Bonchev–Trinajstić information content (AvgIpc) is 2.31. The van der Waals surface area contributed by atoms with E-state index in [0.29, 0.717) is 36.3 Å². The zero-order chi connectivity index (χ0) is 11.5. The van der Waals surface area contributed by atoms with Crippen molar-refractivity contribution in [1.82, 2.24) is 5.32 Å². The highest BCUT2D eigenvalue weighted by Crippen LogP contribution is 2.39. The van der Waals surface area contributed by atoms with Gasteiger partial charge in [-0.25, -0.2) is 0 Å². The Hall–Kier alpha value is -0.970. The molecule has 0 radical (unpaired) electrons. The van der Waals surface area contributed by atoms with Gasteiger partial charge in [-0.05, 0) is 24.7 Å². The molecule has 0 saturated carbocycles. The molecule has 1 aliphatic heterocycles. The van der Waals surface area contributed by atoms with E-state index in [9.17, 15) is 0 Å². The van der Waals surface area contributed by atoms with E-state index in [0.717, 1.165) is 5.56 Å². The SMILES string of the molecule is CNC(CN)c1cc(Cl)c2c(c1)OCCO2. The molecule has 0 saturated heterocycles. The molecule has 88 valence electrons. The quantitative estimate of drug-likeness (QED) is 0.840. The molecule has 1 aromatic carbocycles. The van der Waals surface area contributed by atoms with Crippen LogP contribution in [0, 0.1) is 0 Å². The maximum absolute atomic E-state index is 6.13. The Labute approximate surface area is 99.7 Å². The Kier molecular flexibility index (Phi) is 3.53. The lowest BCUT2D eigenvalue weighted by Gasteiger charge is -2.22. The molecule has 0 bridgehead atoms. The minimum absolute atomic E-state index is 0.0772. The number of nitrogens with one attached hydrogen (secondary N) is 1. The van der Waals surface area contributed by atoms with Gasteiger partial charge in [-0.15, -0.1) is 0 Å². The minimum atomic E-state index is 0.0772. The smallest absolute Gasteiger partial charge is 0.179 e. The van der Waals surface area contributed by atoms with Crippen LogP contribution in [0.25, 0.3) is 0 Å². The Morgan fingerprint density at radius 3 is 2.88 bits per heavy atom. The number of likely N-dealkylation sites (N-methyl/N-ethyl adjacent to an activating group) is 1. The molecule has 0 amide bonds. The van der Waals surface area contributed by atoms with Gasteiger partial charge < -0.3 is 20.5 Å². The number of hydrogen-bond donors (Lipinski definition) is 2. The molecule has 1 aliphatic rings. The van der Waals surface area contributed by atoms with Crippen molar-refractivity contribution in [1.29, 1.82) is 0 Å². The molecule has 0 spiro atoms. The first-order valence-electron chi connectivity index (χ1n) is 5.22. The van der Waals surface area contributed by atoms with Crippen LogP contribution >= 0.6 is 11.6 Å². The van der Waals surface area contributed by atoms with Gasteiger partial charge in [0.15, 0.2) is 11.5 Å². The first-order chi connectivity index (χ1) is 7.76. The molecule has 0 aliphatic carbocycles. The summed E-state index contributed by atoms with van der Waals surface area (Å²) >= 11 is 6.13. The van der Waals surface area contributed by atoms with Gasteiger partial charge in [0, 0.05) is 12.6 Å². The number of halogens is 1. The number of nitrogens with two attached hydrogens (primary N) is 1. The van der Waals surface area contributed by atoms with Crippen LogP contribution < -0.4 is 20.5 Å². The van der Waals surface area contributed by atoms with Gasteiger partial charge >= 0.3 is 0 Å². The highest BCUT2D eigenvalue weighted by molar-refractivity contribution is 6.32. The third-order valence-corrected chi connectivity index (χ3v) is 2.89. The first-order valence-corrected chi connectivity index (χ1v) is 5.60. The second-order valence-corrected chi connectivity index (χ2v) is 4.01. The van der Waals surface area contributed by atoms with Gasteiger partial charge in [0.25, 0.3) is 0 Å². The maximum Gasteiger partial charge on any atom is 0.179 e. The van der Waals surface area contributed by atoms with E-state index in [4.69, 9.17) is 26.8 Å². The molecule has 16 heavy (non-hydrogen) atoms. The number of hydrogen-bond acceptors (Lipinski definition) is 4. The fourth-order valence-electron chi connectivity index (χ4n) is 1.75. The van der Waals surface area contributed by atoms with Crippen LogP contribution in [0.5, 0.6) is 11.5 Å². The Bertz CT molecular complexity index is 380. The predicted octanol–water partition coefficient (Wildman–Crippen LogP) is 1.33. The van der Waals surface area contributed by atoms with Gasteiger partial charge in [-0.3, -0.25) is 0 Å². The van der Waals surface area contributed by atoms with Crippen LogP contribution in [-0.4, -0.2) is 26.8 Å². The van der Waals surface area contributed by atoms with Crippen LogP contribution in [0.3, 0.4) is 0 Å². The number of benzene rings is 1. The van der Waals surface area contributed by atoms with E-state index >= 15 is 0 Å². The van der Waals surface area contributed by atoms with Gasteiger partial charge in [-0.1, -0.05) is 11.6 Å². The molecule has 1 aromatic rings. The summed E-state index contributed by atoms with van der Waals surface area (Å²) in [5, 5.41) is 3.69. The monoisotopic (exact) mass is 242 g/mol. The number of fused-ring (bicyclic) bond motifs is 1. The highest BCUT2D eigenvalue weighted by Gasteiger charge is 2.19. The molecule has 5 heteroatoms. The van der Waals surface area contributed by atoms with Gasteiger partial charge in [-0.2, -0.15) is 0 Å². The van der Waals surface area contributed by atoms with Crippen molar-refractivity contribution in [2.45, 2.75) is 6.04 Å². The van der Waals surface area contributed by atoms with E-state index in [1.807, 2.05) is 19.2 Å². The standard InChI is InChI=1S/C11H15ClN2O2/c1-14-9(6-13)7-4-8(12)11-10(5-7)15-2-3-16-11/h4-5,9,14H,2-3,6,13H2,1H3. The highest BCUT2D eigenvalue weighted by atomic mass is 35.5. The van der Waals surface area contributed by atoms with Crippen molar-refractivity contribution < 1.29 is 9.47 Å². The summed E-state index contributed by atoms with van der Waals surface area (Å²) in [6.07, 6.45) is 0. The first kappa shape index (κ1) is 11.5. The lowest BCUT2D eigenvalue weighted by Crippen LogP contribution is -2.25. The summed E-state index contributed by atoms with van der Waals surface area (Å²) in [5.74, 6) is 1.32. The fraction of sp³-hybridized carbons (Fsp3) is 0.455. The average molecular weight is 243 g/mol. The topological polar surface area (TPSA) is 56.5 Å². The summed E-state index contributed by atoms with van der Waals surface area (Å²) in [4.78, 5) is 0. The lowest BCUT2D eigenvalue weighted by atomic mass is 10.1. The van der Waals surface area contributed by atoms with E-state index in [2.05, 4.69) is 5.32 Å². The van der Waals surface area contributed by atoms with Crippen molar-refractivity contribution in [3.63, 3.8) is 0 Å². The molecule has 3 N–H and O–H groups in total. The summed E-state index contributed by atoms with van der Waals surface area (Å²) in [6, 6.07) is 3.87. The predicted molar refractivity (Wildman–Crippen MR) is 63.3 cm³/mol. The third kappa shape index (κ3) is 2.09. The molecule has 1 atom stereocenters. The molecule has 1 unspecified atom stereocenters. The summed E-state index contributed by atoms with van der Waals surface area (Å²) in [6.45, 7) is 1.60. The van der Waals surface area contributed by atoms with E-state index < -0.39 is 0 Å². The Morgan fingerprint density at radius 2 is 2.19 bits per heavy atom. The van der Waals surface area contributed by atoms with Crippen LogP contribution in [0.1, 0.15) is 11.6 Å². The van der Waals surface area contributed by atoms with E-state index in [1.54, 1.807) is 0 Å². The van der Waals surface area contributed by atoms with E-state index in [-0.39, 0.29) is 6.04 Å². The summed E-state index contributed by atoms with van der Waals surface area (Å²) in [7, 11) is 1.86. The zero-order valence-electron chi connectivity index (χ0n) is 9.13. The summed E-state index contributed by atoms with van der Waals surface area (Å²) in [5.41, 5.74) is 6.68.